The van der Waals surface area contributed by atoms with Crippen LogP contribution >= 0.6 is 11.8 Å². The third-order valence-electron chi connectivity index (χ3n) is 5.83. The summed E-state index contributed by atoms with van der Waals surface area (Å²) >= 11 is 1.56. The average Bonchev–Trinajstić information content (AvgIpc) is 3.17. The topological polar surface area (TPSA) is 116 Å². The van der Waals surface area contributed by atoms with Crippen LogP contribution in [0.3, 0.4) is 0 Å². The van der Waals surface area contributed by atoms with E-state index in [0.29, 0.717) is 0 Å². The van der Waals surface area contributed by atoms with Gasteiger partial charge in [0.15, 0.2) is 0 Å². The van der Waals surface area contributed by atoms with E-state index < -0.39 is 18.0 Å². The number of β-lactam (4-membered cyclic amide) rings is 1. The quantitative estimate of drug-likeness (QED) is 0.592. The van der Waals surface area contributed by atoms with Crippen LogP contribution in [-0.4, -0.2) is 66.9 Å². The van der Waals surface area contributed by atoms with Gasteiger partial charge in [-0.15, -0.1) is 11.8 Å². The van der Waals surface area contributed by atoms with Crippen LogP contribution in [-0.2, 0) is 16.0 Å². The van der Waals surface area contributed by atoms with Crippen LogP contribution in [0.1, 0.15) is 26.1 Å². The molecule has 8 nitrogen and oxygen atoms in total. The van der Waals surface area contributed by atoms with Gasteiger partial charge in [0.2, 0.25) is 5.91 Å². The molecule has 6 atom stereocenters. The maximum absolute atomic E-state index is 12.4. The number of fused-ring (bicyclic) bond motifs is 1. The van der Waals surface area contributed by atoms with Crippen molar-refractivity contribution in [3.05, 3.63) is 34.9 Å². The molecule has 0 aromatic carbocycles. The molecule has 2 saturated heterocycles. The van der Waals surface area contributed by atoms with Gasteiger partial charge in [-0.1, -0.05) is 6.92 Å². The number of carboxylic acids is 1. The Morgan fingerprint density at radius 2 is 2.14 bits per heavy atom. The highest BCUT2D eigenvalue weighted by Crippen LogP contribution is 2.51. The summed E-state index contributed by atoms with van der Waals surface area (Å²) in [5.74, 6) is -1.19. The van der Waals surface area contributed by atoms with Crippen LogP contribution in [0.4, 0.5) is 0 Å². The second kappa shape index (κ2) is 7.46. The Morgan fingerprint density at radius 3 is 2.79 bits per heavy atom. The minimum Gasteiger partial charge on any atom is -0.477 e. The minimum absolute atomic E-state index is 0.0927. The lowest BCUT2D eigenvalue weighted by atomic mass is 9.79. The third-order valence-corrected chi connectivity index (χ3v) is 7.35. The number of thioether (sulfide) groups is 1. The molecule has 1 aromatic heterocycles. The molecule has 4 rings (SSSR count). The number of aliphatic carboxylic acids is 1. The first-order valence-corrected chi connectivity index (χ1v) is 10.4. The Kier molecular flexibility index (Phi) is 5.15. The molecular formula is C19H24N4O4S. The van der Waals surface area contributed by atoms with E-state index in [9.17, 15) is 19.8 Å². The number of carbonyl (C=O) groups excluding carboxylic acids is 1. The SMILES string of the molecule is C[C@@H](O)[C@H]1C(=O)N2C(C(=O)O)=C(S[C@@H]3CN[C@H](Cc4ncccn4)C3)[C@H](C)[C@H]12. The highest BCUT2D eigenvalue weighted by molar-refractivity contribution is 8.03. The lowest BCUT2D eigenvalue weighted by Crippen LogP contribution is -2.63. The van der Waals surface area contributed by atoms with Crippen LogP contribution in [0.5, 0.6) is 0 Å². The van der Waals surface area contributed by atoms with Crippen LogP contribution in [0.2, 0.25) is 0 Å². The molecule has 4 heterocycles. The zero-order chi connectivity index (χ0) is 20.0. The number of carbonyl (C=O) groups is 2. The summed E-state index contributed by atoms with van der Waals surface area (Å²) in [6.45, 7) is 4.31. The van der Waals surface area contributed by atoms with Gasteiger partial charge in [0.1, 0.15) is 11.5 Å². The van der Waals surface area contributed by atoms with Gasteiger partial charge in [-0.05, 0) is 19.4 Å². The van der Waals surface area contributed by atoms with Gasteiger partial charge < -0.3 is 20.4 Å². The van der Waals surface area contributed by atoms with Gasteiger partial charge in [-0.3, -0.25) is 4.79 Å². The maximum atomic E-state index is 12.4. The fourth-order valence-corrected chi connectivity index (χ4v) is 6.06. The molecule has 0 aliphatic carbocycles. The van der Waals surface area contributed by atoms with Gasteiger partial charge in [-0.25, -0.2) is 14.8 Å². The van der Waals surface area contributed by atoms with Crippen molar-refractivity contribution in [3.8, 4) is 0 Å². The molecule has 0 spiro atoms. The molecular weight excluding hydrogens is 380 g/mol. The summed E-state index contributed by atoms with van der Waals surface area (Å²) in [5.41, 5.74) is 0.0965. The van der Waals surface area contributed by atoms with E-state index in [1.165, 1.54) is 4.90 Å². The van der Waals surface area contributed by atoms with Crippen molar-refractivity contribution in [2.75, 3.05) is 6.54 Å². The van der Waals surface area contributed by atoms with Crippen molar-refractivity contribution in [2.45, 2.75) is 50.1 Å². The fraction of sp³-hybridized carbons (Fsp3) is 0.579. The molecule has 0 bridgehead atoms. The molecule has 2 fully saturated rings. The molecule has 0 saturated carbocycles. The van der Waals surface area contributed by atoms with E-state index in [2.05, 4.69) is 15.3 Å². The van der Waals surface area contributed by atoms with E-state index in [1.807, 2.05) is 6.92 Å². The fourth-order valence-electron chi connectivity index (χ4n) is 4.54. The zero-order valence-corrected chi connectivity index (χ0v) is 16.6. The molecule has 3 aliphatic heterocycles. The van der Waals surface area contributed by atoms with Crippen molar-refractivity contribution in [3.63, 3.8) is 0 Å². The van der Waals surface area contributed by atoms with Crippen molar-refractivity contribution in [1.82, 2.24) is 20.2 Å². The number of hydrogen-bond donors (Lipinski definition) is 3. The smallest absolute Gasteiger partial charge is 0.353 e. The highest BCUT2D eigenvalue weighted by Gasteiger charge is 2.60. The molecule has 0 unspecified atom stereocenters. The molecule has 150 valence electrons. The van der Waals surface area contributed by atoms with Crippen LogP contribution in [0.25, 0.3) is 0 Å². The van der Waals surface area contributed by atoms with E-state index in [-0.39, 0.29) is 34.9 Å². The first kappa shape index (κ1) is 19.4. The minimum atomic E-state index is -1.07. The van der Waals surface area contributed by atoms with Gasteiger partial charge in [-0.2, -0.15) is 0 Å². The van der Waals surface area contributed by atoms with Crippen LogP contribution in [0.15, 0.2) is 29.1 Å². The van der Waals surface area contributed by atoms with E-state index in [4.69, 9.17) is 0 Å². The number of carboxylic acid groups (broad SMARTS) is 1. The van der Waals surface area contributed by atoms with Gasteiger partial charge in [0.25, 0.3) is 0 Å². The van der Waals surface area contributed by atoms with Crippen LogP contribution in [0, 0.1) is 11.8 Å². The molecule has 1 amide bonds. The van der Waals surface area contributed by atoms with Gasteiger partial charge in [0, 0.05) is 47.5 Å². The molecule has 9 heteroatoms. The predicted molar refractivity (Wildman–Crippen MR) is 103 cm³/mol. The number of nitrogens with zero attached hydrogens (tertiary/aromatic N) is 3. The number of aliphatic hydroxyl groups excluding tert-OH is 1. The number of aliphatic hydroxyl groups is 1. The number of rotatable bonds is 6. The average molecular weight is 404 g/mol. The molecule has 1 aromatic rings. The van der Waals surface area contributed by atoms with E-state index >= 15 is 0 Å². The first-order chi connectivity index (χ1) is 13.4. The highest BCUT2D eigenvalue weighted by atomic mass is 32.2. The number of nitrogens with one attached hydrogen (secondary N) is 1. The van der Waals surface area contributed by atoms with Gasteiger partial charge >= 0.3 is 5.97 Å². The molecule has 28 heavy (non-hydrogen) atoms. The van der Waals surface area contributed by atoms with Crippen molar-refractivity contribution < 1.29 is 19.8 Å². The summed E-state index contributed by atoms with van der Waals surface area (Å²) < 4.78 is 0. The maximum Gasteiger partial charge on any atom is 0.353 e. The molecule has 3 aliphatic rings. The predicted octanol–water partition coefficient (Wildman–Crippen LogP) is 0.637. The Morgan fingerprint density at radius 1 is 1.43 bits per heavy atom. The standard InChI is InChI=1S/C19H24N4O4S/c1-9-15-14(10(2)24)18(25)23(15)16(19(26)27)17(9)28-12-6-11(22-8-12)7-13-20-4-3-5-21-13/h3-5,9-12,14-15,22,24H,6-8H2,1-2H3,(H,26,27)/t9-,10-,11+,12+,14-,15-/m1/s1. The first-order valence-electron chi connectivity index (χ1n) is 9.53. The largest absolute Gasteiger partial charge is 0.477 e. The summed E-state index contributed by atoms with van der Waals surface area (Å²) in [7, 11) is 0. The van der Waals surface area contributed by atoms with Crippen molar-refractivity contribution >= 4 is 23.6 Å². The lowest BCUT2D eigenvalue weighted by Gasteiger charge is -2.46. The number of hydrogen-bond acceptors (Lipinski definition) is 7. The monoisotopic (exact) mass is 404 g/mol. The zero-order valence-electron chi connectivity index (χ0n) is 15.8. The lowest BCUT2D eigenvalue weighted by molar-refractivity contribution is -0.163. The van der Waals surface area contributed by atoms with Crippen molar-refractivity contribution in [2.24, 2.45) is 11.8 Å². The molecule has 3 N–H and O–H groups in total. The summed E-state index contributed by atoms with van der Waals surface area (Å²) in [5, 5.41) is 23.4. The second-order valence-electron chi connectivity index (χ2n) is 7.72. The van der Waals surface area contributed by atoms with Gasteiger partial charge in [0.05, 0.1) is 18.1 Å². The Hall–Kier alpha value is -1.97. The summed E-state index contributed by atoms with van der Waals surface area (Å²) in [6.07, 6.45) is 4.29. The summed E-state index contributed by atoms with van der Waals surface area (Å²) in [6, 6.07) is 1.77. The normalized spacial score (nSPS) is 33.0. The van der Waals surface area contributed by atoms with E-state index in [1.54, 1.807) is 37.1 Å². The number of aromatic nitrogens is 2. The van der Waals surface area contributed by atoms with Crippen LogP contribution < -0.4 is 5.32 Å². The van der Waals surface area contributed by atoms with Crippen molar-refractivity contribution in [1.29, 1.82) is 0 Å². The van der Waals surface area contributed by atoms with E-state index in [0.717, 1.165) is 30.1 Å². The second-order valence-corrected chi connectivity index (χ2v) is 9.06. The Balaban J connectivity index is 1.47. The number of amides is 1. The Bertz CT molecular complexity index is 815. The Labute approximate surface area is 167 Å². The molecule has 0 radical (unpaired) electrons. The third kappa shape index (κ3) is 3.21. The summed E-state index contributed by atoms with van der Waals surface area (Å²) in [4.78, 5) is 35.0.